The Kier molecular flexibility index (Phi) is 26.8. The average Bonchev–Trinajstić information content (AvgIpc) is 4.05. The van der Waals surface area contributed by atoms with Gasteiger partial charge in [-0.15, -0.1) is 0 Å². The van der Waals surface area contributed by atoms with Gasteiger partial charge in [-0.2, -0.15) is 0 Å². The fourth-order valence-corrected chi connectivity index (χ4v) is 9.64. The molecular formula is C54H94O12. The van der Waals surface area contributed by atoms with E-state index in [0.29, 0.717) is 74.4 Å². The lowest BCUT2D eigenvalue weighted by atomic mass is 10.0. The summed E-state index contributed by atoms with van der Waals surface area (Å²) in [5, 5.41) is 0. The standard InChI is InChI=1S/C54H94O12/c1-5-8-19-28-43-49(63-43)36-50-45(65-50)31-22-14-11-17-25-33-53(56)60-38-41(61-54(57)34-26-18-12-15-23-30-44-48(64-44)35-47-42(7-3)62-47)37-59-52(55)32-24-16-10-13-21-27-40(4)58-39-51-46(66-51)29-20-9-6-2/h40-51H,5-39H2,1-4H3. The summed E-state index contributed by atoms with van der Waals surface area (Å²) < 4.78 is 51.9. The second-order valence-electron chi connectivity index (χ2n) is 20.5. The van der Waals surface area contributed by atoms with Crippen LogP contribution in [0.1, 0.15) is 233 Å². The lowest BCUT2D eigenvalue weighted by Gasteiger charge is -2.18. The van der Waals surface area contributed by atoms with Crippen LogP contribution in [-0.4, -0.2) is 111 Å². The predicted octanol–water partition coefficient (Wildman–Crippen LogP) is 11.8. The van der Waals surface area contributed by atoms with Gasteiger partial charge in [-0.3, -0.25) is 14.4 Å². The van der Waals surface area contributed by atoms with Crippen LogP contribution in [0.3, 0.4) is 0 Å². The molecule has 12 heteroatoms. The molecule has 66 heavy (non-hydrogen) atoms. The Morgan fingerprint density at radius 3 is 1.27 bits per heavy atom. The van der Waals surface area contributed by atoms with E-state index in [-0.39, 0.29) is 49.8 Å². The molecule has 0 aromatic rings. The van der Waals surface area contributed by atoms with Gasteiger partial charge < -0.3 is 42.6 Å². The molecule has 5 fully saturated rings. The molecular weight excluding hydrogens is 841 g/mol. The van der Waals surface area contributed by atoms with Crippen molar-refractivity contribution in [1.82, 2.24) is 0 Å². The van der Waals surface area contributed by atoms with Crippen molar-refractivity contribution in [3.05, 3.63) is 0 Å². The van der Waals surface area contributed by atoms with Gasteiger partial charge in [0.05, 0.1) is 67.6 Å². The summed E-state index contributed by atoms with van der Waals surface area (Å²) in [5.74, 6) is -0.984. The molecule has 5 heterocycles. The van der Waals surface area contributed by atoms with E-state index in [1.54, 1.807) is 0 Å². The smallest absolute Gasteiger partial charge is 0.306 e. The Hall–Kier alpha value is -1.83. The number of unbranched alkanes of at least 4 members (excludes halogenated alkanes) is 16. The van der Waals surface area contributed by atoms with E-state index in [0.717, 1.165) is 141 Å². The highest BCUT2D eigenvalue weighted by Crippen LogP contribution is 2.40. The molecule has 0 N–H and O–H groups in total. The molecule has 12 atom stereocenters. The maximum absolute atomic E-state index is 12.9. The number of carbonyl (C=O) groups excluding carboxylic acids is 3. The van der Waals surface area contributed by atoms with Crippen molar-refractivity contribution in [3.63, 3.8) is 0 Å². The third kappa shape index (κ3) is 24.6. The van der Waals surface area contributed by atoms with Crippen LogP contribution in [0.5, 0.6) is 0 Å². The first-order valence-corrected chi connectivity index (χ1v) is 27.7. The third-order valence-electron chi connectivity index (χ3n) is 14.4. The van der Waals surface area contributed by atoms with Crippen LogP contribution in [0.4, 0.5) is 0 Å². The predicted molar refractivity (Wildman–Crippen MR) is 255 cm³/mol. The zero-order valence-electron chi connectivity index (χ0n) is 42.1. The molecule has 12 nitrogen and oxygen atoms in total. The summed E-state index contributed by atoms with van der Waals surface area (Å²) in [6, 6.07) is 0. The molecule has 0 spiro atoms. The fraction of sp³-hybridized carbons (Fsp3) is 0.944. The highest BCUT2D eigenvalue weighted by molar-refractivity contribution is 5.71. The van der Waals surface area contributed by atoms with Gasteiger partial charge in [-0.1, -0.05) is 136 Å². The molecule has 0 radical (unpaired) electrons. The van der Waals surface area contributed by atoms with Gasteiger partial charge in [0.15, 0.2) is 6.10 Å². The average molecular weight is 935 g/mol. The Morgan fingerprint density at radius 1 is 0.424 bits per heavy atom. The molecule has 5 aliphatic heterocycles. The fourth-order valence-electron chi connectivity index (χ4n) is 9.64. The van der Waals surface area contributed by atoms with Crippen LogP contribution in [0.2, 0.25) is 0 Å². The second kappa shape index (κ2) is 32.1. The van der Waals surface area contributed by atoms with E-state index >= 15 is 0 Å². The van der Waals surface area contributed by atoms with Crippen molar-refractivity contribution >= 4 is 17.9 Å². The van der Waals surface area contributed by atoms with Crippen LogP contribution in [0, 0.1) is 0 Å². The summed E-state index contributed by atoms with van der Waals surface area (Å²) >= 11 is 0. The minimum Gasteiger partial charge on any atom is -0.462 e. The van der Waals surface area contributed by atoms with Crippen molar-refractivity contribution < 1.29 is 57.0 Å². The van der Waals surface area contributed by atoms with E-state index in [1.165, 1.54) is 44.9 Å². The minimum atomic E-state index is -0.819. The van der Waals surface area contributed by atoms with Crippen LogP contribution in [0.15, 0.2) is 0 Å². The lowest BCUT2D eigenvalue weighted by Crippen LogP contribution is -2.30. The highest BCUT2D eigenvalue weighted by atomic mass is 16.6. The zero-order valence-corrected chi connectivity index (χ0v) is 42.1. The Balaban J connectivity index is 0.869. The Bertz CT molecular complexity index is 1300. The van der Waals surface area contributed by atoms with Gasteiger partial charge >= 0.3 is 17.9 Å². The molecule has 12 unspecified atom stereocenters. The number of carbonyl (C=O) groups is 3. The molecule has 5 rings (SSSR count). The highest BCUT2D eigenvalue weighted by Gasteiger charge is 2.48. The SMILES string of the molecule is CCCCCC1OC1COC(C)CCCCCCCC(=O)OCC(COC(=O)CCCCCCCC1OC1CC1OC1CCCCC)OC(=O)CCCCCCCC1OC1CC1OC1CC. The number of rotatable bonds is 45. The number of hydrogen-bond acceptors (Lipinski definition) is 12. The monoisotopic (exact) mass is 935 g/mol. The topological polar surface area (TPSA) is 151 Å². The van der Waals surface area contributed by atoms with Crippen molar-refractivity contribution in [2.45, 2.75) is 306 Å². The van der Waals surface area contributed by atoms with Crippen LogP contribution in [0.25, 0.3) is 0 Å². The maximum Gasteiger partial charge on any atom is 0.306 e. The molecule has 0 aromatic heterocycles. The number of epoxide rings is 5. The summed E-state index contributed by atoms with van der Waals surface area (Å²) in [5.41, 5.74) is 0. The van der Waals surface area contributed by atoms with E-state index in [9.17, 15) is 14.4 Å². The van der Waals surface area contributed by atoms with E-state index in [1.807, 2.05) is 0 Å². The van der Waals surface area contributed by atoms with Gasteiger partial charge in [-0.25, -0.2) is 0 Å². The maximum atomic E-state index is 12.9. The first kappa shape index (κ1) is 55.1. The zero-order chi connectivity index (χ0) is 46.8. The molecule has 5 saturated heterocycles. The number of ether oxygens (including phenoxy) is 9. The Morgan fingerprint density at radius 2 is 0.803 bits per heavy atom. The summed E-state index contributed by atoms with van der Waals surface area (Å²) in [7, 11) is 0. The summed E-state index contributed by atoms with van der Waals surface area (Å²) in [6.07, 6.45) is 35.6. The molecule has 5 aliphatic rings. The van der Waals surface area contributed by atoms with Crippen molar-refractivity contribution in [1.29, 1.82) is 0 Å². The van der Waals surface area contributed by atoms with Crippen molar-refractivity contribution in [2.75, 3.05) is 19.8 Å². The lowest BCUT2D eigenvalue weighted by molar-refractivity contribution is -0.167. The third-order valence-corrected chi connectivity index (χ3v) is 14.4. The van der Waals surface area contributed by atoms with Gasteiger partial charge in [0.25, 0.3) is 0 Å². The molecule has 0 aliphatic carbocycles. The summed E-state index contributed by atoms with van der Waals surface area (Å²) in [6.45, 7) is 9.24. The van der Waals surface area contributed by atoms with Crippen LogP contribution in [-0.2, 0) is 57.0 Å². The number of hydrogen-bond donors (Lipinski definition) is 0. The van der Waals surface area contributed by atoms with Gasteiger partial charge in [0, 0.05) is 32.1 Å². The minimum absolute atomic E-state index is 0.114. The van der Waals surface area contributed by atoms with Crippen LogP contribution < -0.4 is 0 Å². The van der Waals surface area contributed by atoms with Gasteiger partial charge in [0.2, 0.25) is 0 Å². The molecule has 0 saturated carbocycles. The second-order valence-corrected chi connectivity index (χ2v) is 20.5. The molecule has 0 bridgehead atoms. The van der Waals surface area contributed by atoms with Crippen molar-refractivity contribution in [3.8, 4) is 0 Å². The number of esters is 3. The first-order valence-electron chi connectivity index (χ1n) is 27.7. The first-order chi connectivity index (χ1) is 32.3. The van der Waals surface area contributed by atoms with Gasteiger partial charge in [0.1, 0.15) is 19.3 Å². The van der Waals surface area contributed by atoms with E-state index in [4.69, 9.17) is 42.6 Å². The quantitative estimate of drug-likeness (QED) is 0.0247. The molecule has 0 aromatic carbocycles. The van der Waals surface area contributed by atoms with E-state index in [2.05, 4.69) is 27.7 Å². The Labute approximate surface area is 400 Å². The largest absolute Gasteiger partial charge is 0.462 e. The van der Waals surface area contributed by atoms with Crippen LogP contribution >= 0.6 is 0 Å². The summed E-state index contributed by atoms with van der Waals surface area (Å²) in [4.78, 5) is 38.3. The van der Waals surface area contributed by atoms with Gasteiger partial charge in [-0.05, 0) is 64.7 Å². The van der Waals surface area contributed by atoms with E-state index < -0.39 is 6.10 Å². The van der Waals surface area contributed by atoms with Crippen molar-refractivity contribution in [2.24, 2.45) is 0 Å². The molecule has 0 amide bonds. The molecule has 382 valence electrons. The normalized spacial score (nSPS) is 27.8.